The van der Waals surface area contributed by atoms with E-state index in [2.05, 4.69) is 17.9 Å². The number of hydrogen-bond acceptors (Lipinski definition) is 4. The molecule has 0 fully saturated rings. The van der Waals surface area contributed by atoms with Gasteiger partial charge in [-0.3, -0.25) is 4.79 Å². The van der Waals surface area contributed by atoms with E-state index < -0.39 is 11.6 Å². The zero-order chi connectivity index (χ0) is 10.5. The second-order valence-electron chi connectivity index (χ2n) is 3.64. The van der Waals surface area contributed by atoms with Crippen LogP contribution in [-0.4, -0.2) is 35.0 Å². The average Bonchev–Trinajstić information content (AvgIpc) is 2.00. The van der Waals surface area contributed by atoms with E-state index in [9.17, 15) is 9.90 Å². The summed E-state index contributed by atoms with van der Waals surface area (Å²) in [6, 6.07) is -0.565. The first-order chi connectivity index (χ1) is 5.87. The molecule has 4 N–H and O–H groups in total. The fraction of sp³-hybridized carbons (Fsp3) is 0.875. The monoisotopic (exact) mass is 206 g/mol. The van der Waals surface area contributed by atoms with Crippen LogP contribution >= 0.6 is 12.6 Å². The van der Waals surface area contributed by atoms with Crippen LogP contribution in [-0.2, 0) is 4.79 Å². The molecule has 5 heteroatoms. The maximum Gasteiger partial charge on any atom is 0.237 e. The molecule has 1 atom stereocenters. The standard InChI is InChI=1S/C8H18N2O2S/c1-8(2,12)3-4-10-7(11)6(9)5-13/h6,12-13H,3-5,9H2,1-2H3,(H,10,11)/t6-/m0/s1. The lowest BCUT2D eigenvalue weighted by molar-refractivity contribution is -0.122. The zero-order valence-corrected chi connectivity index (χ0v) is 8.97. The Bertz CT molecular complexity index is 168. The van der Waals surface area contributed by atoms with Crippen LogP contribution in [0.1, 0.15) is 20.3 Å². The smallest absolute Gasteiger partial charge is 0.237 e. The van der Waals surface area contributed by atoms with E-state index in [0.29, 0.717) is 18.7 Å². The van der Waals surface area contributed by atoms with Crippen LogP contribution in [0.5, 0.6) is 0 Å². The fourth-order valence-corrected chi connectivity index (χ4v) is 0.871. The molecule has 4 nitrogen and oxygen atoms in total. The molecule has 0 saturated carbocycles. The van der Waals surface area contributed by atoms with Gasteiger partial charge in [0.2, 0.25) is 5.91 Å². The molecule has 0 unspecified atom stereocenters. The number of rotatable bonds is 5. The van der Waals surface area contributed by atoms with Crippen molar-refractivity contribution < 1.29 is 9.90 Å². The van der Waals surface area contributed by atoms with Crippen molar-refractivity contribution in [1.82, 2.24) is 5.32 Å². The molecular weight excluding hydrogens is 188 g/mol. The van der Waals surface area contributed by atoms with Gasteiger partial charge in [-0.2, -0.15) is 12.6 Å². The second-order valence-corrected chi connectivity index (χ2v) is 4.01. The Hall–Kier alpha value is -0.260. The lowest BCUT2D eigenvalue weighted by Gasteiger charge is -2.17. The molecular formula is C8H18N2O2S. The molecule has 0 radical (unpaired) electrons. The van der Waals surface area contributed by atoms with Crippen LogP contribution in [0.3, 0.4) is 0 Å². The van der Waals surface area contributed by atoms with E-state index in [1.165, 1.54) is 0 Å². The quantitative estimate of drug-likeness (QED) is 0.459. The minimum atomic E-state index is -0.752. The predicted molar refractivity (Wildman–Crippen MR) is 55.8 cm³/mol. The molecule has 0 aliphatic rings. The lowest BCUT2D eigenvalue weighted by atomic mass is 10.1. The lowest BCUT2D eigenvalue weighted by Crippen LogP contribution is -2.43. The van der Waals surface area contributed by atoms with Gasteiger partial charge in [0, 0.05) is 12.3 Å². The summed E-state index contributed by atoms with van der Waals surface area (Å²) in [5.74, 6) is 0.105. The summed E-state index contributed by atoms with van der Waals surface area (Å²) in [5.41, 5.74) is 4.66. The number of thiol groups is 1. The summed E-state index contributed by atoms with van der Waals surface area (Å²) < 4.78 is 0. The second kappa shape index (κ2) is 5.47. The molecule has 0 rings (SSSR count). The molecule has 0 aromatic carbocycles. The normalized spacial score (nSPS) is 13.9. The molecule has 0 aliphatic carbocycles. The largest absolute Gasteiger partial charge is 0.390 e. The summed E-state index contributed by atoms with van der Waals surface area (Å²) in [5, 5.41) is 11.9. The highest BCUT2D eigenvalue weighted by Gasteiger charge is 2.14. The van der Waals surface area contributed by atoms with Gasteiger partial charge in [-0.25, -0.2) is 0 Å². The highest BCUT2D eigenvalue weighted by atomic mass is 32.1. The molecule has 13 heavy (non-hydrogen) atoms. The summed E-state index contributed by atoms with van der Waals surface area (Å²) in [7, 11) is 0. The van der Waals surface area contributed by atoms with Gasteiger partial charge < -0.3 is 16.2 Å². The van der Waals surface area contributed by atoms with Gasteiger partial charge in [-0.1, -0.05) is 0 Å². The number of carbonyl (C=O) groups is 1. The predicted octanol–water partition coefficient (Wildman–Crippen LogP) is -0.479. The molecule has 0 spiro atoms. The van der Waals surface area contributed by atoms with Gasteiger partial charge in [0.15, 0.2) is 0 Å². The Morgan fingerprint density at radius 2 is 2.23 bits per heavy atom. The van der Waals surface area contributed by atoms with E-state index in [1.54, 1.807) is 13.8 Å². The van der Waals surface area contributed by atoms with Crippen molar-refractivity contribution in [3.63, 3.8) is 0 Å². The number of nitrogens with two attached hydrogens (primary N) is 1. The molecule has 0 aliphatic heterocycles. The minimum absolute atomic E-state index is 0.223. The third kappa shape index (κ3) is 6.86. The van der Waals surface area contributed by atoms with Crippen LogP contribution in [0, 0.1) is 0 Å². The van der Waals surface area contributed by atoms with Crippen LogP contribution in [0.4, 0.5) is 0 Å². The van der Waals surface area contributed by atoms with Gasteiger partial charge >= 0.3 is 0 Å². The van der Waals surface area contributed by atoms with Gasteiger partial charge in [-0.15, -0.1) is 0 Å². The Morgan fingerprint density at radius 3 is 2.62 bits per heavy atom. The van der Waals surface area contributed by atoms with Crippen molar-refractivity contribution in [3.8, 4) is 0 Å². The SMILES string of the molecule is CC(C)(O)CCNC(=O)[C@@H](N)CS. The number of aliphatic hydroxyl groups is 1. The van der Waals surface area contributed by atoms with Crippen molar-refractivity contribution in [3.05, 3.63) is 0 Å². The first-order valence-corrected chi connectivity index (χ1v) is 4.86. The third-order valence-corrected chi connectivity index (χ3v) is 1.96. The van der Waals surface area contributed by atoms with Crippen LogP contribution < -0.4 is 11.1 Å². The van der Waals surface area contributed by atoms with E-state index in [0.717, 1.165) is 0 Å². The van der Waals surface area contributed by atoms with E-state index in [1.807, 2.05) is 0 Å². The Balaban J connectivity index is 3.60. The Kier molecular flexibility index (Phi) is 5.36. The third-order valence-electron chi connectivity index (χ3n) is 1.57. The maximum atomic E-state index is 11.1. The number of carbonyl (C=O) groups excluding carboxylic acids is 1. The van der Waals surface area contributed by atoms with Gasteiger partial charge in [-0.05, 0) is 20.3 Å². The molecule has 78 valence electrons. The summed E-state index contributed by atoms with van der Waals surface area (Å²) >= 11 is 3.90. The van der Waals surface area contributed by atoms with Crippen LogP contribution in [0.15, 0.2) is 0 Å². The van der Waals surface area contributed by atoms with E-state index >= 15 is 0 Å². The number of hydrogen-bond donors (Lipinski definition) is 4. The Morgan fingerprint density at radius 1 is 1.69 bits per heavy atom. The average molecular weight is 206 g/mol. The van der Waals surface area contributed by atoms with Crippen molar-refractivity contribution in [1.29, 1.82) is 0 Å². The molecule has 1 amide bonds. The van der Waals surface area contributed by atoms with E-state index in [4.69, 9.17) is 5.73 Å². The minimum Gasteiger partial charge on any atom is -0.390 e. The van der Waals surface area contributed by atoms with Gasteiger partial charge in [0.1, 0.15) is 0 Å². The highest BCUT2D eigenvalue weighted by Crippen LogP contribution is 2.04. The summed E-state index contributed by atoms with van der Waals surface area (Å²) in [6.07, 6.45) is 0.512. The van der Waals surface area contributed by atoms with E-state index in [-0.39, 0.29) is 5.91 Å². The molecule has 0 bridgehead atoms. The number of nitrogens with one attached hydrogen (secondary N) is 1. The Labute approximate surface area is 84.3 Å². The summed E-state index contributed by atoms with van der Waals surface area (Å²) in [6.45, 7) is 3.82. The van der Waals surface area contributed by atoms with Crippen molar-refractivity contribution in [2.24, 2.45) is 5.73 Å². The molecule has 0 aromatic heterocycles. The highest BCUT2D eigenvalue weighted by molar-refractivity contribution is 7.80. The first-order valence-electron chi connectivity index (χ1n) is 4.23. The zero-order valence-electron chi connectivity index (χ0n) is 8.08. The molecule has 0 aromatic rings. The van der Waals surface area contributed by atoms with Crippen molar-refractivity contribution in [2.75, 3.05) is 12.3 Å². The fourth-order valence-electron chi connectivity index (χ4n) is 0.706. The number of amides is 1. The summed E-state index contributed by atoms with van der Waals surface area (Å²) in [4.78, 5) is 11.1. The van der Waals surface area contributed by atoms with Crippen molar-refractivity contribution >= 4 is 18.5 Å². The van der Waals surface area contributed by atoms with Gasteiger partial charge in [0.25, 0.3) is 0 Å². The van der Waals surface area contributed by atoms with Crippen molar-refractivity contribution in [2.45, 2.75) is 31.9 Å². The molecule has 0 heterocycles. The van der Waals surface area contributed by atoms with Crippen LogP contribution in [0.2, 0.25) is 0 Å². The maximum absolute atomic E-state index is 11.1. The first kappa shape index (κ1) is 12.7. The molecule has 0 saturated heterocycles. The topological polar surface area (TPSA) is 75.3 Å². The van der Waals surface area contributed by atoms with Crippen LogP contribution in [0.25, 0.3) is 0 Å². The van der Waals surface area contributed by atoms with Gasteiger partial charge in [0.05, 0.1) is 11.6 Å².